The molecule has 0 bridgehead atoms. The third-order valence-electron chi connectivity index (χ3n) is 12.7. The molecule has 4 aliphatic carbocycles. The van der Waals surface area contributed by atoms with Gasteiger partial charge in [-0.15, -0.1) is 26.0 Å². The van der Waals surface area contributed by atoms with Crippen molar-refractivity contribution in [2.24, 2.45) is 44.3 Å². The Morgan fingerprint density at radius 2 is 0.848 bits per heavy atom. The molecule has 187 valence electrons. The van der Waals surface area contributed by atoms with Crippen LogP contribution in [0.1, 0.15) is 96.9 Å². The van der Waals surface area contributed by atoms with Crippen molar-refractivity contribution in [1.29, 1.82) is 0 Å². The Morgan fingerprint density at radius 3 is 1.09 bits per heavy atom. The van der Waals surface area contributed by atoms with Crippen LogP contribution >= 0.6 is 0 Å². The first-order valence-electron chi connectivity index (χ1n) is 12.8. The molecular formula is C32H50Co. The summed E-state index contributed by atoms with van der Waals surface area (Å²) in [5.74, 6) is 4.41. The van der Waals surface area contributed by atoms with Crippen LogP contribution in [0.2, 0.25) is 0 Å². The van der Waals surface area contributed by atoms with E-state index in [9.17, 15) is 0 Å². The fourth-order valence-corrected chi connectivity index (χ4v) is 7.61. The fourth-order valence-electron chi connectivity index (χ4n) is 7.61. The molecule has 1 heteroatoms. The van der Waals surface area contributed by atoms with E-state index < -0.39 is 0 Å². The molecule has 4 atom stereocenters. The van der Waals surface area contributed by atoms with E-state index in [0.29, 0.717) is 22.7 Å². The molecule has 0 spiro atoms. The standard InChI is InChI=1S/2C16H25.Co/c2*1-11-9-8-10-13-12(2)14(3,4)15(5,6)16(11,13)7;/h2*8-11H,1-7H3;/q2*-1;+2. The van der Waals surface area contributed by atoms with Gasteiger partial charge in [0.1, 0.15) is 0 Å². The van der Waals surface area contributed by atoms with Gasteiger partial charge >= 0.3 is 16.8 Å². The molecular weight excluding hydrogens is 443 g/mol. The maximum Gasteiger partial charge on any atom is 2.00 e. The zero-order valence-corrected chi connectivity index (χ0v) is 25.0. The number of hydrogen-bond donors (Lipinski definition) is 0. The molecule has 0 aromatic rings. The van der Waals surface area contributed by atoms with Gasteiger partial charge in [-0.05, 0) is 33.5 Å². The second-order valence-corrected chi connectivity index (χ2v) is 13.7. The van der Waals surface area contributed by atoms with Crippen molar-refractivity contribution in [3.05, 3.63) is 59.4 Å². The van der Waals surface area contributed by atoms with E-state index in [4.69, 9.17) is 0 Å². The van der Waals surface area contributed by atoms with Crippen molar-refractivity contribution < 1.29 is 16.8 Å². The quantitative estimate of drug-likeness (QED) is 0.295. The van der Waals surface area contributed by atoms with Crippen molar-refractivity contribution in [2.75, 3.05) is 0 Å². The van der Waals surface area contributed by atoms with Gasteiger partial charge in [0.05, 0.1) is 0 Å². The molecule has 2 saturated carbocycles. The largest absolute Gasteiger partial charge is 2.00 e. The van der Waals surface area contributed by atoms with E-state index in [0.717, 1.165) is 0 Å². The number of hydrogen-bond acceptors (Lipinski definition) is 0. The monoisotopic (exact) mass is 493 g/mol. The third kappa shape index (κ3) is 3.20. The summed E-state index contributed by atoms with van der Waals surface area (Å²) in [6, 6.07) is 0. The Balaban J connectivity index is 0.000000227. The molecule has 33 heavy (non-hydrogen) atoms. The minimum Gasteiger partial charge on any atom is -0.209 e. The molecule has 0 heterocycles. The minimum atomic E-state index is 0. The van der Waals surface area contributed by atoms with Crippen molar-refractivity contribution in [2.45, 2.75) is 96.9 Å². The molecule has 4 unspecified atom stereocenters. The van der Waals surface area contributed by atoms with E-state index >= 15 is 0 Å². The number of rotatable bonds is 0. The van der Waals surface area contributed by atoms with Crippen molar-refractivity contribution >= 4 is 0 Å². The topological polar surface area (TPSA) is 0 Å². The van der Waals surface area contributed by atoms with Crippen molar-refractivity contribution in [3.8, 4) is 0 Å². The predicted octanol–water partition coefficient (Wildman–Crippen LogP) is 9.57. The smallest absolute Gasteiger partial charge is 0.209 e. The fraction of sp³-hybridized carbons (Fsp3) is 0.688. The van der Waals surface area contributed by atoms with Crippen LogP contribution in [0, 0.1) is 56.2 Å². The van der Waals surface area contributed by atoms with Crippen molar-refractivity contribution in [1.82, 2.24) is 0 Å². The summed E-state index contributed by atoms with van der Waals surface area (Å²) in [5.41, 5.74) is 4.92. The van der Waals surface area contributed by atoms with Gasteiger partial charge in [0.25, 0.3) is 0 Å². The zero-order valence-electron chi connectivity index (χ0n) is 24.0. The van der Waals surface area contributed by atoms with Crippen LogP contribution in [0.25, 0.3) is 0 Å². The summed E-state index contributed by atoms with van der Waals surface area (Å²) in [6.45, 7) is 33.6. The van der Waals surface area contributed by atoms with Gasteiger partial charge in [0.15, 0.2) is 0 Å². The summed E-state index contributed by atoms with van der Waals surface area (Å²) >= 11 is 0. The summed E-state index contributed by atoms with van der Waals surface area (Å²) in [5, 5.41) is 0. The Morgan fingerprint density at radius 1 is 0.576 bits per heavy atom. The molecule has 0 aromatic carbocycles. The Kier molecular flexibility index (Phi) is 7.00. The van der Waals surface area contributed by atoms with Crippen LogP contribution in [0.15, 0.2) is 47.6 Å². The Bertz CT molecular complexity index is 815. The van der Waals surface area contributed by atoms with E-state index in [2.05, 4.69) is 133 Å². The van der Waals surface area contributed by atoms with Gasteiger partial charge in [0.2, 0.25) is 0 Å². The summed E-state index contributed by atoms with van der Waals surface area (Å²) in [7, 11) is 0. The van der Waals surface area contributed by atoms with Crippen LogP contribution in [-0.4, -0.2) is 0 Å². The average Bonchev–Trinajstić information content (AvgIpc) is 2.87. The first-order chi connectivity index (χ1) is 14.3. The van der Waals surface area contributed by atoms with Gasteiger partial charge in [-0.1, -0.05) is 106 Å². The second-order valence-electron chi connectivity index (χ2n) is 13.7. The van der Waals surface area contributed by atoms with Crippen LogP contribution in [0.3, 0.4) is 0 Å². The maximum atomic E-state index is 2.45. The number of fused-ring (bicyclic) bond motifs is 2. The SMILES string of the molecule is C[C-]1C2=CC=CC(C)C2(C)C(C)(C)C1(C)C.C[C-]1C2=CC=CC(C)C2(C)C(C)(C)C1(C)C.[Co+2]. The van der Waals surface area contributed by atoms with Crippen LogP contribution in [-0.2, 0) is 16.8 Å². The number of allylic oxidation sites excluding steroid dienone is 8. The molecule has 4 rings (SSSR count). The minimum absolute atomic E-state index is 0. The van der Waals surface area contributed by atoms with Crippen LogP contribution in [0.5, 0.6) is 0 Å². The van der Waals surface area contributed by atoms with Crippen LogP contribution < -0.4 is 0 Å². The molecule has 0 aromatic heterocycles. The predicted molar refractivity (Wildman–Crippen MR) is 142 cm³/mol. The van der Waals surface area contributed by atoms with E-state index in [-0.39, 0.29) is 38.4 Å². The van der Waals surface area contributed by atoms with E-state index in [1.54, 1.807) is 23.0 Å². The van der Waals surface area contributed by atoms with Gasteiger partial charge in [0, 0.05) is 0 Å². The molecule has 1 radical (unpaired) electrons. The van der Waals surface area contributed by atoms with Gasteiger partial charge < -0.3 is 0 Å². The molecule has 0 aliphatic heterocycles. The van der Waals surface area contributed by atoms with Crippen LogP contribution in [0.4, 0.5) is 0 Å². The molecule has 0 N–H and O–H groups in total. The third-order valence-corrected chi connectivity index (χ3v) is 12.7. The van der Waals surface area contributed by atoms with E-state index in [1.807, 2.05) is 0 Å². The molecule has 0 saturated heterocycles. The van der Waals surface area contributed by atoms with Crippen molar-refractivity contribution in [3.63, 3.8) is 0 Å². The molecule has 2 fully saturated rings. The first kappa shape index (κ1) is 28.4. The summed E-state index contributed by atoms with van der Waals surface area (Å²) in [4.78, 5) is 0. The summed E-state index contributed by atoms with van der Waals surface area (Å²) in [6.07, 6.45) is 13.9. The Hall–Kier alpha value is -0.794. The molecule has 0 amide bonds. The second kappa shape index (κ2) is 8.12. The Labute approximate surface area is 217 Å². The first-order valence-corrected chi connectivity index (χ1v) is 12.8. The summed E-state index contributed by atoms with van der Waals surface area (Å²) < 4.78 is 0. The molecule has 4 aliphatic rings. The van der Waals surface area contributed by atoms with E-state index in [1.165, 1.54) is 0 Å². The average molecular weight is 494 g/mol. The molecule has 0 nitrogen and oxygen atoms in total. The van der Waals surface area contributed by atoms with Gasteiger partial charge in [-0.2, -0.15) is 0 Å². The maximum absolute atomic E-state index is 2.45. The van der Waals surface area contributed by atoms with Gasteiger partial charge in [-0.3, -0.25) is 0 Å². The van der Waals surface area contributed by atoms with Gasteiger partial charge in [-0.25, -0.2) is 35.1 Å². The normalized spacial score (nSPS) is 38.4. The zero-order chi connectivity index (χ0) is 24.7.